The zero-order chi connectivity index (χ0) is 22.8. The maximum Gasteiger partial charge on any atom is 0.288 e. The van der Waals surface area contributed by atoms with Gasteiger partial charge in [0.15, 0.2) is 11.0 Å². The van der Waals surface area contributed by atoms with Gasteiger partial charge in [0.2, 0.25) is 5.82 Å². The van der Waals surface area contributed by atoms with Gasteiger partial charge < -0.3 is 4.90 Å². The zero-order valence-corrected chi connectivity index (χ0v) is 20.0. The number of benzene rings is 2. The van der Waals surface area contributed by atoms with Crippen LogP contribution < -0.4 is 9.47 Å². The van der Waals surface area contributed by atoms with Crippen molar-refractivity contribution in [1.82, 2.24) is 9.55 Å². The summed E-state index contributed by atoms with van der Waals surface area (Å²) >= 11 is 1.83. The van der Waals surface area contributed by atoms with Gasteiger partial charge in [0, 0.05) is 30.3 Å². The maximum atomic E-state index is 4.59. The van der Waals surface area contributed by atoms with Crippen LogP contribution in [0.2, 0.25) is 0 Å². The van der Waals surface area contributed by atoms with Crippen LogP contribution in [-0.2, 0) is 13.5 Å². The van der Waals surface area contributed by atoms with Gasteiger partial charge in [-0.05, 0) is 48.4 Å². The van der Waals surface area contributed by atoms with Crippen molar-refractivity contribution >= 4 is 34.6 Å². The Hall–Kier alpha value is -3.57. The van der Waals surface area contributed by atoms with Crippen molar-refractivity contribution in [2.45, 2.75) is 18.2 Å². The largest absolute Gasteiger partial charge is 0.338 e. The number of nitrogens with zero attached hydrogens (tertiary/aromatic N) is 4. The van der Waals surface area contributed by atoms with Crippen LogP contribution in [-0.4, -0.2) is 16.6 Å². The van der Waals surface area contributed by atoms with E-state index in [4.69, 9.17) is 0 Å². The van der Waals surface area contributed by atoms with Crippen molar-refractivity contribution in [3.05, 3.63) is 108 Å². The molecule has 0 saturated heterocycles. The second-order valence-electron chi connectivity index (χ2n) is 7.99. The lowest BCUT2D eigenvalue weighted by Crippen LogP contribution is -2.30. The van der Waals surface area contributed by atoms with E-state index in [2.05, 4.69) is 113 Å². The molecule has 0 bridgehead atoms. The highest BCUT2D eigenvalue weighted by atomic mass is 32.2. The summed E-state index contributed by atoms with van der Waals surface area (Å²) in [5.74, 6) is 1.98. The number of hydrogen-bond donors (Lipinski definition) is 0. The fourth-order valence-corrected chi connectivity index (χ4v) is 5.30. The molecule has 0 amide bonds. The highest BCUT2D eigenvalue weighted by Gasteiger charge is 2.23. The number of aromatic nitrogens is 3. The Morgan fingerprint density at radius 1 is 1.00 bits per heavy atom. The van der Waals surface area contributed by atoms with E-state index < -0.39 is 0 Å². The lowest BCUT2D eigenvalue weighted by Gasteiger charge is -2.12. The van der Waals surface area contributed by atoms with Crippen molar-refractivity contribution < 1.29 is 4.57 Å². The average Bonchev–Trinajstić information content (AvgIpc) is 3.32. The molecular weight excluding hydrogens is 424 g/mol. The summed E-state index contributed by atoms with van der Waals surface area (Å²) in [5, 5.41) is 1.23. The number of rotatable bonds is 5. The molecule has 0 N–H and O–H groups in total. The molecule has 4 aromatic rings. The fraction of sp³-hybridized carbons (Fsp3) is 0.143. The molecule has 5 heteroatoms. The predicted molar refractivity (Wildman–Crippen MR) is 139 cm³/mol. The van der Waals surface area contributed by atoms with E-state index >= 15 is 0 Å². The molecule has 1 aliphatic rings. The van der Waals surface area contributed by atoms with E-state index in [0.29, 0.717) is 0 Å². The Labute approximate surface area is 199 Å². The van der Waals surface area contributed by atoms with Crippen molar-refractivity contribution in [3.63, 3.8) is 0 Å². The van der Waals surface area contributed by atoms with Crippen LogP contribution in [0.5, 0.6) is 0 Å². The molecule has 5 rings (SSSR count). The van der Waals surface area contributed by atoms with Crippen molar-refractivity contribution in [2.75, 3.05) is 11.9 Å². The number of pyridine rings is 1. The van der Waals surface area contributed by atoms with Gasteiger partial charge in [-0.25, -0.2) is 9.55 Å². The molecule has 0 fully saturated rings. The van der Waals surface area contributed by atoms with Crippen LogP contribution in [0.3, 0.4) is 0 Å². The summed E-state index contributed by atoms with van der Waals surface area (Å²) in [5.41, 5.74) is 4.96. The van der Waals surface area contributed by atoms with Crippen LogP contribution in [0.25, 0.3) is 22.9 Å². The third kappa shape index (κ3) is 4.00. The standard InChI is InChI=1S/C28H27N4S/c1-4-21-17-18-24-25(20-21)33-28(31(24)3)16-7-5-6-15-27-30(2)22-12-8-9-13-23(22)32(27)26-14-10-11-19-29-26/h5-20H,4H2,1-3H3/q+1. The number of fused-ring (bicyclic) bond motifs is 2. The monoisotopic (exact) mass is 451 g/mol. The maximum absolute atomic E-state index is 4.59. The number of allylic oxidation sites excluding steroid dienone is 4. The number of para-hydroxylation sites is 2. The molecule has 2 aromatic carbocycles. The second kappa shape index (κ2) is 9.12. The van der Waals surface area contributed by atoms with Crippen molar-refractivity contribution in [1.29, 1.82) is 0 Å². The number of thioether (sulfide) groups is 1. The zero-order valence-electron chi connectivity index (χ0n) is 19.1. The Morgan fingerprint density at radius 3 is 2.67 bits per heavy atom. The van der Waals surface area contributed by atoms with Crippen molar-refractivity contribution in [2.24, 2.45) is 7.05 Å². The van der Waals surface area contributed by atoms with E-state index in [1.165, 1.54) is 26.7 Å². The van der Waals surface area contributed by atoms with Gasteiger partial charge in [0.25, 0.3) is 5.82 Å². The van der Waals surface area contributed by atoms with Gasteiger partial charge in [-0.3, -0.25) is 0 Å². The molecule has 0 aliphatic carbocycles. The number of anilines is 1. The molecule has 2 aromatic heterocycles. The van der Waals surface area contributed by atoms with Gasteiger partial charge in [-0.1, -0.05) is 61.2 Å². The Morgan fingerprint density at radius 2 is 1.85 bits per heavy atom. The first-order valence-electron chi connectivity index (χ1n) is 11.2. The quantitative estimate of drug-likeness (QED) is 0.272. The first-order valence-corrected chi connectivity index (χ1v) is 12.0. The average molecular weight is 452 g/mol. The Balaban J connectivity index is 1.42. The molecule has 0 radical (unpaired) electrons. The topological polar surface area (TPSA) is 24.9 Å². The molecule has 1 aliphatic heterocycles. The van der Waals surface area contributed by atoms with E-state index in [1.54, 1.807) is 0 Å². The summed E-state index contributed by atoms with van der Waals surface area (Å²) < 4.78 is 4.40. The number of aryl methyl sites for hydroxylation is 2. The van der Waals surface area contributed by atoms with Crippen LogP contribution in [0.15, 0.2) is 101 Å². The van der Waals surface area contributed by atoms with Crippen LogP contribution in [0.4, 0.5) is 5.69 Å². The summed E-state index contributed by atoms with van der Waals surface area (Å²) in [4.78, 5) is 8.18. The molecule has 164 valence electrons. The van der Waals surface area contributed by atoms with Gasteiger partial charge in [0.05, 0.1) is 17.8 Å². The van der Waals surface area contributed by atoms with Gasteiger partial charge >= 0.3 is 0 Å². The minimum Gasteiger partial charge on any atom is -0.338 e. The minimum atomic E-state index is 0.910. The van der Waals surface area contributed by atoms with Gasteiger partial charge in [0.1, 0.15) is 0 Å². The summed E-state index contributed by atoms with van der Waals surface area (Å²) in [6, 6.07) is 21.2. The highest BCUT2D eigenvalue weighted by Crippen LogP contribution is 2.45. The van der Waals surface area contributed by atoms with E-state index in [1.807, 2.05) is 36.2 Å². The third-order valence-electron chi connectivity index (χ3n) is 5.98. The normalized spacial score (nSPS) is 14.9. The fourth-order valence-electron chi connectivity index (χ4n) is 4.17. The summed E-state index contributed by atoms with van der Waals surface area (Å²) in [6.45, 7) is 2.20. The molecule has 0 unspecified atom stereocenters. The Bertz CT molecular complexity index is 1400. The van der Waals surface area contributed by atoms with Gasteiger partial charge in [-0.15, -0.1) is 0 Å². The molecule has 33 heavy (non-hydrogen) atoms. The molecule has 0 spiro atoms. The number of imidazole rings is 1. The SMILES string of the molecule is CCc1ccc2c(c1)S\C(=C/C=C/C=C/c1n(-c3ccccn3)c3ccccc3[n+]1C)N2C. The van der Waals surface area contributed by atoms with Crippen LogP contribution in [0.1, 0.15) is 18.3 Å². The van der Waals surface area contributed by atoms with Crippen molar-refractivity contribution in [3.8, 4) is 5.82 Å². The first-order chi connectivity index (χ1) is 16.2. The smallest absolute Gasteiger partial charge is 0.288 e. The molecule has 4 nitrogen and oxygen atoms in total. The van der Waals surface area contributed by atoms with E-state index in [-0.39, 0.29) is 0 Å². The third-order valence-corrected chi connectivity index (χ3v) is 7.15. The van der Waals surface area contributed by atoms with E-state index in [0.717, 1.165) is 23.6 Å². The predicted octanol–water partition coefficient (Wildman–Crippen LogP) is 6.07. The van der Waals surface area contributed by atoms with Gasteiger partial charge in [-0.2, -0.15) is 4.57 Å². The molecule has 3 heterocycles. The lowest BCUT2D eigenvalue weighted by molar-refractivity contribution is -0.647. The summed E-state index contributed by atoms with van der Waals surface area (Å²) in [7, 11) is 4.23. The number of hydrogen-bond acceptors (Lipinski definition) is 3. The second-order valence-corrected chi connectivity index (χ2v) is 9.06. The lowest BCUT2D eigenvalue weighted by atomic mass is 10.1. The first kappa shape index (κ1) is 21.3. The molecule has 0 atom stereocenters. The Kier molecular flexibility index (Phi) is 5.88. The molecular formula is C28H27N4S+. The van der Waals surface area contributed by atoms with Crippen LogP contribution in [0, 0.1) is 0 Å². The molecule has 0 saturated carbocycles. The summed E-state index contributed by atoms with van der Waals surface area (Å²) in [6.07, 6.45) is 13.5. The van der Waals surface area contributed by atoms with Crippen LogP contribution >= 0.6 is 11.8 Å². The minimum absolute atomic E-state index is 0.910. The highest BCUT2D eigenvalue weighted by molar-refractivity contribution is 8.03. The van der Waals surface area contributed by atoms with E-state index in [9.17, 15) is 0 Å².